The number of nitrogens with one attached hydrogen (secondary N) is 2. The SMILES string of the molecule is CC1(C)CC(/C(C(=O)O)=C(\C(=O)O)C2CC(C)(C)NC(C)(C)C2)CC(C)(C)N1. The molecule has 0 saturated carbocycles. The van der Waals surface area contributed by atoms with E-state index < -0.39 is 11.9 Å². The van der Waals surface area contributed by atoms with Crippen molar-refractivity contribution >= 4 is 11.9 Å². The molecule has 0 unspecified atom stereocenters. The summed E-state index contributed by atoms with van der Waals surface area (Å²) in [7, 11) is 0. The lowest BCUT2D eigenvalue weighted by atomic mass is 9.67. The van der Waals surface area contributed by atoms with E-state index in [9.17, 15) is 19.8 Å². The van der Waals surface area contributed by atoms with E-state index in [-0.39, 0.29) is 45.1 Å². The second-order valence-electron chi connectivity index (χ2n) is 11.4. The number of aliphatic carboxylic acids is 2. The molecule has 2 aliphatic rings. The maximum absolute atomic E-state index is 12.4. The van der Waals surface area contributed by atoms with Crippen molar-refractivity contribution in [1.82, 2.24) is 10.6 Å². The van der Waals surface area contributed by atoms with E-state index in [0.29, 0.717) is 25.7 Å². The number of carboxylic acids is 2. The molecule has 0 aromatic carbocycles. The number of hydrogen-bond acceptors (Lipinski definition) is 4. The maximum atomic E-state index is 12.4. The summed E-state index contributed by atoms with van der Waals surface area (Å²) < 4.78 is 0. The zero-order chi connectivity index (χ0) is 21.7. The van der Waals surface area contributed by atoms with Gasteiger partial charge in [-0.05, 0) is 92.9 Å². The molecule has 0 atom stereocenters. The van der Waals surface area contributed by atoms with Gasteiger partial charge in [-0.1, -0.05) is 0 Å². The summed E-state index contributed by atoms with van der Waals surface area (Å²) in [6.07, 6.45) is 2.42. The molecule has 2 saturated heterocycles. The van der Waals surface area contributed by atoms with Crippen molar-refractivity contribution in [3.05, 3.63) is 11.1 Å². The summed E-state index contributed by atoms with van der Waals surface area (Å²) in [5.41, 5.74) is -0.832. The average Bonchev–Trinajstić information content (AvgIpc) is 2.36. The van der Waals surface area contributed by atoms with Gasteiger partial charge >= 0.3 is 11.9 Å². The molecule has 2 fully saturated rings. The molecule has 0 aromatic rings. The zero-order valence-corrected chi connectivity index (χ0v) is 18.7. The Morgan fingerprint density at radius 1 is 0.607 bits per heavy atom. The Labute approximate surface area is 169 Å². The lowest BCUT2D eigenvalue weighted by molar-refractivity contribution is -0.137. The summed E-state index contributed by atoms with van der Waals surface area (Å²) in [5, 5.41) is 27.4. The number of piperidine rings is 2. The second kappa shape index (κ2) is 7.13. The first-order valence-corrected chi connectivity index (χ1v) is 10.2. The van der Waals surface area contributed by atoms with E-state index in [1.807, 2.05) is 0 Å². The maximum Gasteiger partial charge on any atom is 0.332 e. The quantitative estimate of drug-likeness (QED) is 0.544. The van der Waals surface area contributed by atoms with Gasteiger partial charge in [-0.15, -0.1) is 0 Å². The third-order valence-corrected chi connectivity index (χ3v) is 5.95. The fourth-order valence-corrected chi connectivity index (χ4v) is 6.07. The standard InChI is InChI=1S/C22H38N2O4/c1-19(2)9-13(10-20(3,4)23-19)15(17(25)26)16(18(27)28)14-11-21(5,6)24-22(7,8)12-14/h13-14,23-24H,9-12H2,1-8H3,(H,25,26)(H,27,28)/b16-15+. The van der Waals surface area contributed by atoms with Crippen LogP contribution in [0.3, 0.4) is 0 Å². The molecular formula is C22H38N2O4. The minimum atomic E-state index is -1.09. The second-order valence-corrected chi connectivity index (χ2v) is 11.4. The van der Waals surface area contributed by atoms with Crippen molar-refractivity contribution in [3.63, 3.8) is 0 Å². The Morgan fingerprint density at radius 3 is 1.00 bits per heavy atom. The molecule has 6 heteroatoms. The van der Waals surface area contributed by atoms with Crippen LogP contribution >= 0.6 is 0 Å². The van der Waals surface area contributed by atoms with Crippen LogP contribution in [0.25, 0.3) is 0 Å². The van der Waals surface area contributed by atoms with E-state index >= 15 is 0 Å². The topological polar surface area (TPSA) is 98.7 Å². The summed E-state index contributed by atoms with van der Waals surface area (Å²) in [6.45, 7) is 16.4. The summed E-state index contributed by atoms with van der Waals surface area (Å²) in [5.74, 6) is -2.78. The number of carbonyl (C=O) groups is 2. The third-order valence-electron chi connectivity index (χ3n) is 5.95. The fourth-order valence-electron chi connectivity index (χ4n) is 6.07. The summed E-state index contributed by atoms with van der Waals surface area (Å²) in [4.78, 5) is 24.7. The molecule has 6 nitrogen and oxygen atoms in total. The van der Waals surface area contributed by atoms with Crippen LogP contribution in [0.15, 0.2) is 11.1 Å². The largest absolute Gasteiger partial charge is 0.478 e. The van der Waals surface area contributed by atoms with Crippen molar-refractivity contribution in [2.24, 2.45) is 11.8 Å². The Morgan fingerprint density at radius 2 is 0.821 bits per heavy atom. The van der Waals surface area contributed by atoms with Crippen molar-refractivity contribution in [1.29, 1.82) is 0 Å². The summed E-state index contributed by atoms with van der Waals surface area (Å²) in [6, 6.07) is 0. The number of carboxylic acid groups (broad SMARTS) is 2. The van der Waals surface area contributed by atoms with Gasteiger partial charge in [0, 0.05) is 22.2 Å². The predicted molar refractivity (Wildman–Crippen MR) is 110 cm³/mol. The van der Waals surface area contributed by atoms with E-state index in [4.69, 9.17) is 0 Å². The Balaban J connectivity index is 2.59. The minimum absolute atomic E-state index is 0.105. The van der Waals surface area contributed by atoms with Gasteiger partial charge in [-0.3, -0.25) is 0 Å². The van der Waals surface area contributed by atoms with Crippen LogP contribution in [-0.4, -0.2) is 44.3 Å². The zero-order valence-electron chi connectivity index (χ0n) is 18.7. The Bertz CT molecular complexity index is 599. The smallest absolute Gasteiger partial charge is 0.332 e. The van der Waals surface area contributed by atoms with Gasteiger partial charge in [0.15, 0.2) is 0 Å². The summed E-state index contributed by atoms with van der Waals surface area (Å²) >= 11 is 0. The van der Waals surface area contributed by atoms with Crippen LogP contribution in [0.1, 0.15) is 81.1 Å². The normalized spacial score (nSPS) is 27.7. The molecule has 0 amide bonds. The molecule has 0 aliphatic carbocycles. The molecule has 2 aliphatic heterocycles. The highest BCUT2D eigenvalue weighted by molar-refractivity contribution is 5.99. The van der Waals surface area contributed by atoms with Gasteiger partial charge in [0.2, 0.25) is 0 Å². The van der Waals surface area contributed by atoms with Gasteiger partial charge in [0.05, 0.1) is 11.1 Å². The molecule has 0 radical (unpaired) electrons. The van der Waals surface area contributed by atoms with Crippen molar-refractivity contribution in [3.8, 4) is 0 Å². The van der Waals surface area contributed by atoms with E-state index in [2.05, 4.69) is 66.0 Å². The van der Waals surface area contributed by atoms with E-state index in [0.717, 1.165) is 0 Å². The van der Waals surface area contributed by atoms with Gasteiger partial charge in [-0.25, -0.2) is 9.59 Å². The van der Waals surface area contributed by atoms with Crippen LogP contribution < -0.4 is 10.6 Å². The first-order chi connectivity index (χ1) is 12.4. The van der Waals surface area contributed by atoms with Gasteiger partial charge < -0.3 is 20.8 Å². The average molecular weight is 395 g/mol. The van der Waals surface area contributed by atoms with Crippen LogP contribution in [0, 0.1) is 11.8 Å². The van der Waals surface area contributed by atoms with Crippen LogP contribution in [-0.2, 0) is 9.59 Å². The van der Waals surface area contributed by atoms with E-state index in [1.54, 1.807) is 0 Å². The molecule has 0 spiro atoms. The first kappa shape index (κ1) is 22.9. The fraction of sp³-hybridized carbons (Fsp3) is 0.818. The van der Waals surface area contributed by atoms with Crippen LogP contribution in [0.4, 0.5) is 0 Å². The lowest BCUT2D eigenvalue weighted by Crippen LogP contribution is -2.59. The van der Waals surface area contributed by atoms with Gasteiger partial charge in [0.1, 0.15) is 0 Å². The molecule has 0 aromatic heterocycles. The molecule has 2 rings (SSSR count). The first-order valence-electron chi connectivity index (χ1n) is 10.2. The molecule has 0 bridgehead atoms. The predicted octanol–water partition coefficient (Wildman–Crippen LogP) is 3.57. The van der Waals surface area contributed by atoms with E-state index in [1.165, 1.54) is 0 Å². The Kier molecular flexibility index (Phi) is 5.83. The van der Waals surface area contributed by atoms with Crippen molar-refractivity contribution in [2.75, 3.05) is 0 Å². The number of rotatable bonds is 4. The van der Waals surface area contributed by atoms with Crippen LogP contribution in [0.5, 0.6) is 0 Å². The highest BCUT2D eigenvalue weighted by Gasteiger charge is 2.46. The molecule has 28 heavy (non-hydrogen) atoms. The highest BCUT2D eigenvalue weighted by Crippen LogP contribution is 2.43. The molecule has 4 N–H and O–H groups in total. The van der Waals surface area contributed by atoms with Crippen molar-refractivity contribution in [2.45, 2.75) is 103 Å². The molecule has 2 heterocycles. The number of hydrogen-bond donors (Lipinski definition) is 4. The molecular weight excluding hydrogens is 356 g/mol. The monoisotopic (exact) mass is 394 g/mol. The lowest BCUT2D eigenvalue weighted by Gasteiger charge is -2.49. The third kappa shape index (κ3) is 5.35. The van der Waals surface area contributed by atoms with Crippen LogP contribution in [0.2, 0.25) is 0 Å². The van der Waals surface area contributed by atoms with Gasteiger partial charge in [-0.2, -0.15) is 0 Å². The minimum Gasteiger partial charge on any atom is -0.478 e. The Hall–Kier alpha value is -1.40. The molecule has 160 valence electrons. The highest BCUT2D eigenvalue weighted by atomic mass is 16.4. The van der Waals surface area contributed by atoms with Gasteiger partial charge in [0.25, 0.3) is 0 Å². The van der Waals surface area contributed by atoms with Crippen molar-refractivity contribution < 1.29 is 19.8 Å².